The molecule has 0 unspecified atom stereocenters. The van der Waals surface area contributed by atoms with Crippen LogP contribution < -0.4 is 10.6 Å². The van der Waals surface area contributed by atoms with Crippen LogP contribution in [0.1, 0.15) is 22.1 Å². The van der Waals surface area contributed by atoms with E-state index in [4.69, 9.17) is 9.15 Å². The van der Waals surface area contributed by atoms with E-state index in [1.54, 1.807) is 17.6 Å². The van der Waals surface area contributed by atoms with E-state index in [1.807, 2.05) is 18.3 Å². The van der Waals surface area contributed by atoms with Crippen LogP contribution in [-0.2, 0) is 17.7 Å². The summed E-state index contributed by atoms with van der Waals surface area (Å²) in [7, 11) is 0. The summed E-state index contributed by atoms with van der Waals surface area (Å²) in [5.41, 5.74) is 0. The van der Waals surface area contributed by atoms with E-state index in [1.165, 1.54) is 4.88 Å². The lowest BCUT2D eigenvalue weighted by Crippen LogP contribution is -2.41. The molecule has 2 aromatic heterocycles. The van der Waals surface area contributed by atoms with Crippen LogP contribution in [0.15, 0.2) is 34.0 Å². The Hall–Kier alpha value is -1.17. The van der Waals surface area contributed by atoms with Gasteiger partial charge in [0.25, 0.3) is 0 Å². The van der Waals surface area contributed by atoms with E-state index in [0.29, 0.717) is 6.54 Å². The van der Waals surface area contributed by atoms with E-state index in [9.17, 15) is 0 Å². The predicted molar refractivity (Wildman–Crippen MR) is 124 cm³/mol. The second-order valence-corrected chi connectivity index (χ2v) is 7.84. The molecule has 0 amide bonds. The molecule has 7 nitrogen and oxygen atoms in total. The largest absolute Gasteiger partial charge is 0.469 e. The highest BCUT2D eigenvalue weighted by atomic mass is 127. The van der Waals surface area contributed by atoms with Crippen molar-refractivity contribution in [2.75, 3.05) is 45.9 Å². The van der Waals surface area contributed by atoms with Crippen LogP contribution in [0, 0.1) is 6.92 Å². The molecule has 1 aliphatic heterocycles. The van der Waals surface area contributed by atoms with Crippen LogP contribution in [0.4, 0.5) is 0 Å². The molecule has 0 saturated carbocycles. The van der Waals surface area contributed by atoms with Crippen LogP contribution in [0.25, 0.3) is 0 Å². The average Bonchev–Trinajstić information content (AvgIpc) is 3.35. The summed E-state index contributed by atoms with van der Waals surface area (Å²) in [4.78, 5) is 12.7. The van der Waals surface area contributed by atoms with Gasteiger partial charge in [0.05, 0.1) is 26.0 Å². The van der Waals surface area contributed by atoms with E-state index < -0.39 is 0 Å². The minimum atomic E-state index is 0. The fourth-order valence-electron chi connectivity index (χ4n) is 2.89. The molecule has 3 rings (SSSR count). The Labute approximate surface area is 188 Å². The molecule has 1 fully saturated rings. The summed E-state index contributed by atoms with van der Waals surface area (Å²) in [5, 5.41) is 7.87. The topological polar surface area (TPSA) is 74.9 Å². The summed E-state index contributed by atoms with van der Waals surface area (Å²) in [6.07, 6.45) is 5.52. The maximum absolute atomic E-state index is 5.40. The number of hydrogen-bond acceptors (Lipinski definition) is 6. The van der Waals surface area contributed by atoms with Gasteiger partial charge in [0.1, 0.15) is 10.8 Å². The molecule has 0 aliphatic carbocycles. The lowest BCUT2D eigenvalue weighted by molar-refractivity contribution is 0.0376. The number of hydrogen-bond donors (Lipinski definition) is 2. The van der Waals surface area contributed by atoms with Crippen molar-refractivity contribution in [1.29, 1.82) is 0 Å². The Balaban J connectivity index is 0.00000280. The van der Waals surface area contributed by atoms with Gasteiger partial charge in [0.2, 0.25) is 0 Å². The Bertz CT molecular complexity index is 686. The van der Waals surface area contributed by atoms with Crippen molar-refractivity contribution in [3.05, 3.63) is 40.2 Å². The smallest absolute Gasteiger partial charge is 0.191 e. The standard InChI is InChI=1S/C19H29N5O2S.HI/c1-16-14-22-18(27-16)15-23-19(21-7-5-17-4-2-11-26-17)20-6-3-8-24-9-12-25-13-10-24;/h2,4,11,14H,3,5-10,12-13,15H2,1H3,(H2,20,21,23);1H. The Morgan fingerprint density at radius 1 is 1.29 bits per heavy atom. The molecule has 156 valence electrons. The van der Waals surface area contributed by atoms with Gasteiger partial charge in [0.15, 0.2) is 5.96 Å². The quantitative estimate of drug-likeness (QED) is 0.230. The molecule has 2 aromatic rings. The van der Waals surface area contributed by atoms with Gasteiger partial charge in [-0.1, -0.05) is 0 Å². The van der Waals surface area contributed by atoms with E-state index in [2.05, 4.69) is 32.4 Å². The van der Waals surface area contributed by atoms with Crippen molar-refractivity contribution in [3.63, 3.8) is 0 Å². The number of guanidine groups is 1. The maximum atomic E-state index is 5.40. The SMILES string of the molecule is Cc1cnc(CN=C(NCCCN2CCOCC2)NCCc2ccco2)s1.I. The molecular weight excluding hydrogens is 489 g/mol. The molecule has 0 radical (unpaired) electrons. The molecule has 1 aliphatic rings. The molecule has 28 heavy (non-hydrogen) atoms. The summed E-state index contributed by atoms with van der Waals surface area (Å²) < 4.78 is 10.8. The van der Waals surface area contributed by atoms with E-state index >= 15 is 0 Å². The highest BCUT2D eigenvalue weighted by Gasteiger charge is 2.09. The number of morpholine rings is 1. The number of furan rings is 1. The third-order valence-corrected chi connectivity index (χ3v) is 5.23. The van der Waals surface area contributed by atoms with Gasteiger partial charge in [-0.2, -0.15) is 0 Å². The van der Waals surface area contributed by atoms with Crippen LogP contribution in [0.2, 0.25) is 0 Å². The third kappa shape index (κ3) is 8.46. The zero-order valence-corrected chi connectivity index (χ0v) is 19.5. The summed E-state index contributed by atoms with van der Waals surface area (Å²) in [6, 6.07) is 3.91. The average molecular weight is 519 g/mol. The first kappa shape index (κ1) is 23.1. The van der Waals surface area contributed by atoms with Gasteiger partial charge in [-0.25, -0.2) is 9.98 Å². The van der Waals surface area contributed by atoms with Crippen LogP contribution >= 0.6 is 35.3 Å². The molecule has 3 heterocycles. The maximum Gasteiger partial charge on any atom is 0.191 e. The molecule has 0 bridgehead atoms. The lowest BCUT2D eigenvalue weighted by atomic mass is 10.3. The Kier molecular flexibility index (Phi) is 10.8. The van der Waals surface area contributed by atoms with Crippen LogP contribution in [-0.4, -0.2) is 61.8 Å². The first-order valence-electron chi connectivity index (χ1n) is 9.55. The number of rotatable bonds is 9. The van der Waals surface area contributed by atoms with Crippen molar-refractivity contribution in [2.24, 2.45) is 4.99 Å². The second-order valence-electron chi connectivity index (χ2n) is 6.52. The fourth-order valence-corrected chi connectivity index (χ4v) is 3.60. The number of nitrogens with one attached hydrogen (secondary N) is 2. The van der Waals surface area contributed by atoms with Crippen LogP contribution in [0.3, 0.4) is 0 Å². The highest BCUT2D eigenvalue weighted by Crippen LogP contribution is 2.11. The molecular formula is C19H30IN5O2S. The lowest BCUT2D eigenvalue weighted by Gasteiger charge is -2.26. The number of aromatic nitrogens is 1. The monoisotopic (exact) mass is 519 g/mol. The molecule has 0 atom stereocenters. The molecule has 1 saturated heterocycles. The van der Waals surface area contributed by atoms with Crippen molar-refractivity contribution < 1.29 is 9.15 Å². The predicted octanol–water partition coefficient (Wildman–Crippen LogP) is 2.66. The summed E-state index contributed by atoms with van der Waals surface area (Å²) in [6.45, 7) is 9.18. The van der Waals surface area contributed by atoms with Gasteiger partial charge in [0, 0.05) is 43.7 Å². The van der Waals surface area contributed by atoms with Crippen molar-refractivity contribution >= 4 is 41.3 Å². The molecule has 9 heteroatoms. The van der Waals surface area contributed by atoms with Crippen molar-refractivity contribution in [1.82, 2.24) is 20.5 Å². The Morgan fingerprint density at radius 2 is 2.11 bits per heavy atom. The molecule has 0 spiro atoms. The normalized spacial score (nSPS) is 15.2. The highest BCUT2D eigenvalue weighted by molar-refractivity contribution is 14.0. The number of halogens is 1. The third-order valence-electron chi connectivity index (χ3n) is 4.33. The first-order valence-corrected chi connectivity index (χ1v) is 10.4. The van der Waals surface area contributed by atoms with Gasteiger partial charge in [-0.05, 0) is 32.0 Å². The van der Waals surface area contributed by atoms with Crippen molar-refractivity contribution in [3.8, 4) is 0 Å². The number of aliphatic imine (C=N–C) groups is 1. The van der Waals surface area contributed by atoms with E-state index in [-0.39, 0.29) is 24.0 Å². The van der Waals surface area contributed by atoms with Gasteiger partial charge >= 0.3 is 0 Å². The Morgan fingerprint density at radius 3 is 2.82 bits per heavy atom. The van der Waals surface area contributed by atoms with E-state index in [0.717, 1.165) is 75.5 Å². The zero-order valence-electron chi connectivity index (χ0n) is 16.4. The van der Waals surface area contributed by atoms with Crippen molar-refractivity contribution in [2.45, 2.75) is 26.3 Å². The van der Waals surface area contributed by atoms with Gasteiger partial charge < -0.3 is 19.8 Å². The molecule has 0 aromatic carbocycles. The minimum Gasteiger partial charge on any atom is -0.469 e. The summed E-state index contributed by atoms with van der Waals surface area (Å²) in [5.74, 6) is 1.81. The zero-order chi connectivity index (χ0) is 18.7. The first-order chi connectivity index (χ1) is 13.3. The van der Waals surface area contributed by atoms with Crippen LogP contribution in [0.5, 0.6) is 0 Å². The fraction of sp³-hybridized carbons (Fsp3) is 0.579. The second kappa shape index (κ2) is 13.1. The molecule has 2 N–H and O–H groups in total. The number of thiazole rings is 1. The number of nitrogens with zero attached hydrogens (tertiary/aromatic N) is 3. The van der Waals surface area contributed by atoms with Gasteiger partial charge in [-0.3, -0.25) is 4.90 Å². The minimum absolute atomic E-state index is 0. The summed E-state index contributed by atoms with van der Waals surface area (Å²) >= 11 is 1.69. The number of aryl methyl sites for hydroxylation is 1. The number of ether oxygens (including phenoxy) is 1. The van der Waals surface area contributed by atoms with Gasteiger partial charge in [-0.15, -0.1) is 35.3 Å².